The molecule has 4 aliphatic heterocycles. The van der Waals surface area contributed by atoms with Crippen LogP contribution in [-0.2, 0) is 81.4 Å². The second-order valence-corrected chi connectivity index (χ2v) is 34.5. The van der Waals surface area contributed by atoms with E-state index in [1.54, 1.807) is 84.0 Å². The van der Waals surface area contributed by atoms with E-state index in [0.717, 1.165) is 12.8 Å². The van der Waals surface area contributed by atoms with E-state index in [1.165, 1.54) is 16.9 Å². The Morgan fingerprint density at radius 3 is 1.35 bits per heavy atom. The zero-order chi connectivity index (χ0) is 81.4. The predicted molar refractivity (Wildman–Crippen MR) is 407 cm³/mol. The number of ether oxygens (including phenoxy) is 9. The Bertz CT molecular complexity index is 4340. The number of para-hydroxylation sites is 2. The van der Waals surface area contributed by atoms with Crippen LogP contribution in [0.5, 0.6) is 23.3 Å². The van der Waals surface area contributed by atoms with Crippen molar-refractivity contribution in [3.63, 3.8) is 0 Å². The van der Waals surface area contributed by atoms with E-state index >= 15 is 0 Å². The van der Waals surface area contributed by atoms with Crippen molar-refractivity contribution >= 4 is 113 Å². The van der Waals surface area contributed by atoms with Gasteiger partial charge < -0.3 is 73.7 Å². The molecule has 0 spiro atoms. The lowest BCUT2D eigenvalue weighted by Crippen LogP contribution is -2.59. The van der Waals surface area contributed by atoms with Crippen molar-refractivity contribution < 1.29 is 106 Å². The number of rotatable bonds is 27. The smallest absolute Gasteiger partial charge is 0.408 e. The molecule has 0 radical (unpaired) electrons. The number of alkyl carbamates (subject to hydrolysis) is 2. The number of carbonyl (C=O) groups is 8. The van der Waals surface area contributed by atoms with Gasteiger partial charge in [-0.05, 0) is 168 Å². The molecule has 12 rings (SSSR count). The monoisotopic (exact) mass is 1650 g/mol. The number of aromatic nitrogens is 2. The number of halogens is 2. The largest absolute Gasteiger partial charge is 0.488 e. The molecule has 4 saturated heterocycles. The molecule has 37 heteroatoms. The van der Waals surface area contributed by atoms with Gasteiger partial charge in [0.25, 0.3) is 5.91 Å². The SMILES string of the molecule is CCOc1cc(O[C@@H]2C[C@@H](C(=O)N[C@]3(C(=O)NS(=O)(=O)OC4CC4)C[C@H]3CC)N(C(=O)[C@@H](NC(=O)OC(C)(C)C)C3CCOCC3)C2)c2cccc(Cl)c2n1.CCOc1cc(O[C@@H]2C[C@@H](C(=O)N[C@]3(C(=O)OC)C[C@H]3CC)N(C(=O)[C@@H](NC(=O)OC(C)(C)C)C3CCOCC3)C2)c2cccc(Cl)c2n1.NS(=O)(=O)OC1CC1. The van der Waals surface area contributed by atoms with E-state index < -0.39 is 133 Å². The van der Waals surface area contributed by atoms with Gasteiger partial charge in [-0.15, -0.1) is 0 Å². The van der Waals surface area contributed by atoms with Crippen molar-refractivity contribution in [2.75, 3.05) is 59.8 Å². The van der Waals surface area contributed by atoms with Gasteiger partial charge in [-0.2, -0.15) is 16.8 Å². The summed E-state index contributed by atoms with van der Waals surface area (Å²) in [5.41, 5.74) is -3.40. The molecule has 33 nitrogen and oxygen atoms in total. The van der Waals surface area contributed by atoms with Gasteiger partial charge in [-0.1, -0.05) is 62.0 Å². The minimum atomic E-state index is -4.41. The molecule has 7 N–H and O–H groups in total. The van der Waals surface area contributed by atoms with Crippen LogP contribution in [0.2, 0.25) is 10.0 Å². The molecular weight excluding hydrogens is 1540 g/mol. The van der Waals surface area contributed by atoms with Gasteiger partial charge in [0.1, 0.15) is 70.2 Å². The quantitative estimate of drug-likeness (QED) is 0.0247. The molecule has 4 saturated carbocycles. The Morgan fingerprint density at radius 2 is 0.991 bits per heavy atom. The molecule has 2 aromatic carbocycles. The normalized spacial score (nSPS) is 24.4. The molecule has 8 fully saturated rings. The van der Waals surface area contributed by atoms with Crippen LogP contribution in [0.1, 0.15) is 159 Å². The maximum atomic E-state index is 14.7. The topological polar surface area (TPSA) is 425 Å². The van der Waals surface area contributed by atoms with Gasteiger partial charge in [0.05, 0.1) is 66.7 Å². The maximum absolute atomic E-state index is 14.7. The van der Waals surface area contributed by atoms with Crippen molar-refractivity contribution in [3.8, 4) is 23.3 Å². The van der Waals surface area contributed by atoms with Crippen LogP contribution >= 0.6 is 23.2 Å². The van der Waals surface area contributed by atoms with Gasteiger partial charge in [0.15, 0.2) is 0 Å². The summed E-state index contributed by atoms with van der Waals surface area (Å²) in [5.74, 6) is -3.24. The number of hydrogen-bond acceptors (Lipinski definition) is 25. The van der Waals surface area contributed by atoms with Crippen LogP contribution in [-0.4, -0.2) is 215 Å². The average molecular weight is 1650 g/mol. The third-order valence-electron chi connectivity index (χ3n) is 20.3. The molecule has 112 heavy (non-hydrogen) atoms. The number of benzene rings is 2. The Kier molecular flexibility index (Phi) is 28.0. The molecule has 618 valence electrons. The molecular formula is C75H104Cl2N10O23S2. The second kappa shape index (κ2) is 36.3. The summed E-state index contributed by atoms with van der Waals surface area (Å²) >= 11 is 13.0. The van der Waals surface area contributed by atoms with Gasteiger partial charge in [0, 0.05) is 62.2 Å². The van der Waals surface area contributed by atoms with Crippen molar-refractivity contribution in [2.24, 2.45) is 28.8 Å². The first-order chi connectivity index (χ1) is 52.9. The lowest BCUT2D eigenvalue weighted by molar-refractivity contribution is -0.148. The molecule has 4 aromatic rings. The number of hydrogen-bond donors (Lipinski definition) is 6. The maximum Gasteiger partial charge on any atom is 0.408 e. The van der Waals surface area contributed by atoms with E-state index in [4.69, 9.17) is 70.0 Å². The minimum absolute atomic E-state index is 0.00353. The molecule has 4 aliphatic carbocycles. The van der Waals surface area contributed by atoms with Gasteiger partial charge in [-0.3, -0.25) is 32.3 Å². The Labute approximate surface area is 662 Å². The molecule has 2 aromatic heterocycles. The van der Waals surface area contributed by atoms with Crippen LogP contribution in [0.25, 0.3) is 21.8 Å². The summed E-state index contributed by atoms with van der Waals surface area (Å²) < 4.78 is 108. The lowest BCUT2D eigenvalue weighted by Gasteiger charge is -2.35. The summed E-state index contributed by atoms with van der Waals surface area (Å²) in [7, 11) is -6.78. The summed E-state index contributed by atoms with van der Waals surface area (Å²) in [6, 6.07) is 9.59. The van der Waals surface area contributed by atoms with E-state index in [-0.39, 0.29) is 68.0 Å². The molecule has 6 heterocycles. The highest BCUT2D eigenvalue weighted by Gasteiger charge is 2.64. The summed E-state index contributed by atoms with van der Waals surface area (Å²) in [6.45, 7) is 20.1. The Hall–Kier alpha value is -7.90. The standard InChI is InChI=1S/C37H50ClN5O11S.C35H47ClN4O9.C3H7NO3S/c1-6-22-19-37(22,34(46)42-55(48,49)54-23-11-12-23)41-32(44)27-17-24(52-28-18-29(51-7-2)39-31-25(28)9-8-10-26(31)38)20-43(27)33(45)30(21-13-15-50-16-14-21)40-35(47)53-36(3,4)5;1-7-21-18-35(21,32(43)45-6)39-30(41)25-16-22(48-26-17-27(47-8-2)37-29-23(26)10-9-11-24(29)36)19-40(25)31(42)28(20-12-14-46-15-13-20)38-33(44)49-34(3,4)5;4-8(5,6)7-3-1-2-3/h8-10,18,21-24,27,30H,6-7,11-17,19-20H2,1-5H3,(H,40,47)(H,41,44)(H,42,46);9-11,17,20-22,25,28H,7-8,12-16,18-19H2,1-6H3,(H,38,44)(H,39,41);3H,1-2H2,(H2,4,5,6)/t22-,24-,27+,30+,37-;21-,22-,25+,28+,35-;/m11./s1. The summed E-state index contributed by atoms with van der Waals surface area (Å²) in [5, 5.41) is 17.9. The zero-order valence-electron chi connectivity index (χ0n) is 64.9. The fourth-order valence-corrected chi connectivity index (χ4v) is 16.5. The Morgan fingerprint density at radius 1 is 0.589 bits per heavy atom. The van der Waals surface area contributed by atoms with E-state index in [2.05, 4.69) is 40.6 Å². The number of methoxy groups -OCH3 is 1. The van der Waals surface area contributed by atoms with Crippen molar-refractivity contribution in [1.29, 1.82) is 0 Å². The fraction of sp³-hybridized carbons (Fsp3) is 0.653. The zero-order valence-corrected chi connectivity index (χ0v) is 68.1. The average Bonchev–Trinajstić information content (AvgIpc) is 1.58. The van der Waals surface area contributed by atoms with E-state index in [9.17, 15) is 55.2 Å². The van der Waals surface area contributed by atoms with E-state index in [0.29, 0.717) is 147 Å². The number of esters is 1. The molecule has 7 amide bonds. The Balaban J connectivity index is 0.000000217. The van der Waals surface area contributed by atoms with Crippen molar-refractivity contribution in [1.82, 2.24) is 45.8 Å². The number of amides is 7. The number of nitrogens with one attached hydrogen (secondary N) is 5. The van der Waals surface area contributed by atoms with Gasteiger partial charge in [-0.25, -0.2) is 34.2 Å². The highest BCUT2D eigenvalue weighted by molar-refractivity contribution is 7.85. The van der Waals surface area contributed by atoms with Crippen LogP contribution in [0, 0.1) is 23.7 Å². The number of nitrogens with zero attached hydrogens (tertiary/aromatic N) is 4. The van der Waals surface area contributed by atoms with E-state index in [1.807, 2.05) is 38.5 Å². The van der Waals surface area contributed by atoms with Crippen LogP contribution in [0.3, 0.4) is 0 Å². The third kappa shape index (κ3) is 22.6. The first-order valence-corrected chi connectivity index (χ1v) is 41.7. The fourth-order valence-electron chi connectivity index (χ4n) is 14.5. The highest BCUT2D eigenvalue weighted by atomic mass is 35.5. The predicted octanol–water partition coefficient (Wildman–Crippen LogP) is 7.56. The second-order valence-electron chi connectivity index (χ2n) is 31.2. The summed E-state index contributed by atoms with van der Waals surface area (Å²) in [6.07, 6.45) is 3.13. The number of pyridine rings is 2. The molecule has 8 aliphatic rings. The number of nitrogens with two attached hydrogens (primary N) is 1. The van der Waals surface area contributed by atoms with Crippen LogP contribution in [0.4, 0.5) is 9.59 Å². The van der Waals surface area contributed by atoms with Crippen molar-refractivity contribution in [2.45, 2.75) is 230 Å². The van der Waals surface area contributed by atoms with Crippen LogP contribution < -0.4 is 50.1 Å². The molecule has 10 atom stereocenters. The van der Waals surface area contributed by atoms with Gasteiger partial charge >= 0.3 is 38.8 Å². The van der Waals surface area contributed by atoms with Gasteiger partial charge in [0.2, 0.25) is 35.4 Å². The van der Waals surface area contributed by atoms with Crippen LogP contribution in [0.15, 0.2) is 48.5 Å². The number of carbonyl (C=O) groups excluding carboxylic acids is 8. The number of fused-ring (bicyclic) bond motifs is 2. The number of likely N-dealkylation sites (tertiary alicyclic amines) is 2. The molecule has 0 unspecified atom stereocenters. The first-order valence-electron chi connectivity index (χ1n) is 38.1. The third-order valence-corrected chi connectivity index (χ3v) is 22.4. The minimum Gasteiger partial charge on any atom is -0.488 e. The molecule has 0 bridgehead atoms. The van der Waals surface area contributed by atoms with Crippen molar-refractivity contribution in [3.05, 3.63) is 58.6 Å². The first kappa shape index (κ1) is 86.5. The lowest BCUT2D eigenvalue weighted by atomic mass is 9.90. The summed E-state index contributed by atoms with van der Waals surface area (Å²) in [4.78, 5) is 122. The highest BCUT2D eigenvalue weighted by Crippen LogP contribution is 2.49.